The fourth-order valence-corrected chi connectivity index (χ4v) is 3.93. The average molecular weight is 334 g/mol. The zero-order chi connectivity index (χ0) is 17.6. The Bertz CT molecular complexity index is 377. The molecule has 0 amide bonds. The SMILES string of the molecule is CCCCCCCCCCCCCCCC1C=C(CN)C(C)=C1C. The summed E-state index contributed by atoms with van der Waals surface area (Å²) in [6, 6.07) is 0. The smallest absolute Gasteiger partial charge is 0.0177 e. The molecule has 0 saturated heterocycles. The normalized spacial score (nSPS) is 17.7. The Morgan fingerprint density at radius 2 is 1.21 bits per heavy atom. The van der Waals surface area contributed by atoms with Gasteiger partial charge in [-0.25, -0.2) is 0 Å². The monoisotopic (exact) mass is 333 g/mol. The van der Waals surface area contributed by atoms with Gasteiger partial charge in [0.2, 0.25) is 0 Å². The lowest BCUT2D eigenvalue weighted by molar-refractivity contribution is 0.525. The van der Waals surface area contributed by atoms with E-state index >= 15 is 0 Å². The molecule has 0 aromatic carbocycles. The molecule has 1 aliphatic rings. The Balaban J connectivity index is 1.89. The Hall–Kier alpha value is -0.560. The predicted octanol–water partition coefficient (Wildman–Crippen LogP) is 7.32. The first-order chi connectivity index (χ1) is 11.7. The van der Waals surface area contributed by atoms with Crippen LogP contribution in [0.3, 0.4) is 0 Å². The lowest BCUT2D eigenvalue weighted by Gasteiger charge is -2.10. The molecule has 140 valence electrons. The molecule has 0 spiro atoms. The second kappa shape index (κ2) is 13.7. The average Bonchev–Trinajstić information content (AvgIpc) is 2.86. The Labute approximate surface area is 152 Å². The summed E-state index contributed by atoms with van der Waals surface area (Å²) in [5.41, 5.74) is 10.2. The van der Waals surface area contributed by atoms with E-state index in [4.69, 9.17) is 5.73 Å². The van der Waals surface area contributed by atoms with Gasteiger partial charge in [0.05, 0.1) is 0 Å². The van der Waals surface area contributed by atoms with Crippen LogP contribution in [0.2, 0.25) is 0 Å². The van der Waals surface area contributed by atoms with Crippen LogP contribution >= 0.6 is 0 Å². The van der Waals surface area contributed by atoms with Crippen molar-refractivity contribution in [1.82, 2.24) is 0 Å². The second-order valence-corrected chi connectivity index (χ2v) is 7.84. The van der Waals surface area contributed by atoms with Gasteiger partial charge in [0, 0.05) is 6.54 Å². The van der Waals surface area contributed by atoms with E-state index in [0.717, 1.165) is 0 Å². The topological polar surface area (TPSA) is 26.0 Å². The molecule has 0 aliphatic heterocycles. The summed E-state index contributed by atoms with van der Waals surface area (Å²) in [4.78, 5) is 0. The number of hydrogen-bond donors (Lipinski definition) is 1. The zero-order valence-corrected chi connectivity index (χ0v) is 16.8. The van der Waals surface area contributed by atoms with E-state index < -0.39 is 0 Å². The maximum Gasteiger partial charge on any atom is 0.0177 e. The van der Waals surface area contributed by atoms with Crippen molar-refractivity contribution in [2.45, 2.75) is 111 Å². The van der Waals surface area contributed by atoms with Gasteiger partial charge in [-0.3, -0.25) is 0 Å². The first kappa shape index (κ1) is 21.5. The van der Waals surface area contributed by atoms with Crippen LogP contribution in [0.4, 0.5) is 0 Å². The minimum absolute atomic E-state index is 0.677. The van der Waals surface area contributed by atoms with Crippen molar-refractivity contribution < 1.29 is 0 Å². The molecule has 1 unspecified atom stereocenters. The lowest BCUT2D eigenvalue weighted by atomic mass is 9.95. The lowest BCUT2D eigenvalue weighted by Crippen LogP contribution is -2.02. The summed E-state index contributed by atoms with van der Waals surface area (Å²) >= 11 is 0. The van der Waals surface area contributed by atoms with Crippen LogP contribution < -0.4 is 5.73 Å². The number of hydrogen-bond acceptors (Lipinski definition) is 1. The van der Waals surface area contributed by atoms with Crippen LogP contribution in [0.5, 0.6) is 0 Å². The van der Waals surface area contributed by atoms with E-state index in [1.807, 2.05) is 0 Å². The quantitative estimate of drug-likeness (QED) is 0.312. The number of nitrogens with two attached hydrogens (primary N) is 1. The van der Waals surface area contributed by atoms with Crippen LogP contribution in [0.15, 0.2) is 22.8 Å². The third-order valence-electron chi connectivity index (χ3n) is 5.87. The van der Waals surface area contributed by atoms with Gasteiger partial charge in [0.25, 0.3) is 0 Å². The fourth-order valence-electron chi connectivity index (χ4n) is 3.93. The molecule has 0 aromatic rings. The minimum Gasteiger partial charge on any atom is -0.326 e. The molecule has 1 rings (SSSR count). The van der Waals surface area contributed by atoms with Crippen LogP contribution in [0, 0.1) is 5.92 Å². The van der Waals surface area contributed by atoms with E-state index in [9.17, 15) is 0 Å². The van der Waals surface area contributed by atoms with Crippen molar-refractivity contribution >= 4 is 0 Å². The van der Waals surface area contributed by atoms with Gasteiger partial charge in [0.1, 0.15) is 0 Å². The van der Waals surface area contributed by atoms with Crippen molar-refractivity contribution in [3.63, 3.8) is 0 Å². The highest BCUT2D eigenvalue weighted by Gasteiger charge is 2.19. The Morgan fingerprint density at radius 1 is 0.750 bits per heavy atom. The van der Waals surface area contributed by atoms with Gasteiger partial charge >= 0.3 is 0 Å². The molecule has 1 nitrogen and oxygen atoms in total. The van der Waals surface area contributed by atoms with Crippen molar-refractivity contribution in [3.05, 3.63) is 22.8 Å². The van der Waals surface area contributed by atoms with Gasteiger partial charge in [-0.05, 0) is 37.3 Å². The van der Waals surface area contributed by atoms with Crippen LogP contribution in [0.25, 0.3) is 0 Å². The second-order valence-electron chi connectivity index (χ2n) is 7.84. The zero-order valence-electron chi connectivity index (χ0n) is 16.8. The molecule has 24 heavy (non-hydrogen) atoms. The predicted molar refractivity (Wildman–Crippen MR) is 109 cm³/mol. The molecule has 0 heterocycles. The van der Waals surface area contributed by atoms with Gasteiger partial charge < -0.3 is 5.73 Å². The molecule has 0 saturated carbocycles. The van der Waals surface area contributed by atoms with Crippen LogP contribution in [-0.2, 0) is 0 Å². The van der Waals surface area contributed by atoms with Gasteiger partial charge in [-0.2, -0.15) is 0 Å². The van der Waals surface area contributed by atoms with E-state index in [1.165, 1.54) is 101 Å². The van der Waals surface area contributed by atoms with Crippen molar-refractivity contribution in [3.8, 4) is 0 Å². The van der Waals surface area contributed by atoms with E-state index in [2.05, 4.69) is 26.8 Å². The van der Waals surface area contributed by atoms with Gasteiger partial charge in [0.15, 0.2) is 0 Å². The van der Waals surface area contributed by atoms with Gasteiger partial charge in [-0.1, -0.05) is 102 Å². The van der Waals surface area contributed by atoms with E-state index in [0.29, 0.717) is 12.5 Å². The molecule has 0 bridgehead atoms. The number of allylic oxidation sites excluding steroid dienone is 2. The standard InChI is InChI=1S/C23H43N/c1-4-5-6-7-8-9-10-11-12-13-14-15-16-17-22-18-23(19-24)21(3)20(22)2/h18,22H,4-17,19,24H2,1-3H3. The fraction of sp³-hybridized carbons (Fsp3) is 0.826. The van der Waals surface area contributed by atoms with Crippen LogP contribution in [0.1, 0.15) is 111 Å². The summed E-state index contributed by atoms with van der Waals surface area (Å²) in [6.45, 7) is 7.53. The Morgan fingerprint density at radius 3 is 1.62 bits per heavy atom. The maximum atomic E-state index is 5.82. The van der Waals surface area contributed by atoms with E-state index in [-0.39, 0.29) is 0 Å². The van der Waals surface area contributed by atoms with Gasteiger partial charge in [-0.15, -0.1) is 0 Å². The molecule has 1 aliphatic carbocycles. The first-order valence-electron chi connectivity index (χ1n) is 10.8. The summed E-state index contributed by atoms with van der Waals surface area (Å²) < 4.78 is 0. The molecule has 0 aromatic heterocycles. The first-order valence-corrected chi connectivity index (χ1v) is 10.8. The summed E-state index contributed by atoms with van der Waals surface area (Å²) in [5, 5.41) is 0. The largest absolute Gasteiger partial charge is 0.326 e. The van der Waals surface area contributed by atoms with Crippen molar-refractivity contribution in [2.75, 3.05) is 6.54 Å². The molecule has 0 fully saturated rings. The third-order valence-corrected chi connectivity index (χ3v) is 5.87. The van der Waals surface area contributed by atoms with E-state index in [1.54, 1.807) is 5.57 Å². The molecule has 0 radical (unpaired) electrons. The van der Waals surface area contributed by atoms with Crippen molar-refractivity contribution in [1.29, 1.82) is 0 Å². The summed E-state index contributed by atoms with van der Waals surface area (Å²) in [5.74, 6) is 0.677. The molecular formula is C23H43N. The highest BCUT2D eigenvalue weighted by molar-refractivity contribution is 5.43. The highest BCUT2D eigenvalue weighted by Crippen LogP contribution is 2.33. The van der Waals surface area contributed by atoms with Crippen LogP contribution in [-0.4, -0.2) is 6.54 Å². The molecule has 2 N–H and O–H groups in total. The number of unbranched alkanes of at least 4 members (excludes halogenated alkanes) is 12. The highest BCUT2D eigenvalue weighted by atomic mass is 14.5. The number of rotatable bonds is 15. The minimum atomic E-state index is 0.677. The molecule has 1 heteroatoms. The maximum absolute atomic E-state index is 5.82. The molecular weight excluding hydrogens is 290 g/mol. The summed E-state index contributed by atoms with van der Waals surface area (Å²) in [7, 11) is 0. The Kier molecular flexibility index (Phi) is 12.3. The third kappa shape index (κ3) is 8.51. The van der Waals surface area contributed by atoms with Crippen molar-refractivity contribution in [2.24, 2.45) is 11.7 Å². The summed E-state index contributed by atoms with van der Waals surface area (Å²) in [6.07, 6.45) is 22.4. The molecule has 1 atom stereocenters.